The lowest BCUT2D eigenvalue weighted by atomic mass is 10.1. The third-order valence-corrected chi connectivity index (χ3v) is 3.04. The van der Waals surface area contributed by atoms with E-state index >= 15 is 0 Å². The molecule has 0 amide bonds. The molecule has 0 aliphatic carbocycles. The number of aliphatic hydroxyl groups excluding tert-OH is 1. The molecule has 0 aromatic heterocycles. The highest BCUT2D eigenvalue weighted by atomic mass is 16.8. The minimum Gasteiger partial charge on any atom is -0.391 e. The van der Waals surface area contributed by atoms with Crippen LogP contribution in [0, 0.1) is 0 Å². The summed E-state index contributed by atoms with van der Waals surface area (Å²) in [6.45, 7) is 5.40. The van der Waals surface area contributed by atoms with Crippen LogP contribution in [-0.2, 0) is 18.9 Å². The van der Waals surface area contributed by atoms with Crippen LogP contribution in [0.1, 0.15) is 20.8 Å². The number of aliphatic hydroxyl groups is 1. The average molecular weight is 220 g/mol. The van der Waals surface area contributed by atoms with Crippen LogP contribution in [0.3, 0.4) is 0 Å². The molecule has 5 heteroatoms. The molecule has 4 atom stereocenters. The van der Waals surface area contributed by atoms with E-state index in [-0.39, 0.29) is 6.61 Å². The Morgan fingerprint density at radius 3 is 2.20 bits per heavy atom. The van der Waals surface area contributed by atoms with Gasteiger partial charge in [0.15, 0.2) is 0 Å². The molecule has 0 bridgehead atoms. The van der Waals surface area contributed by atoms with Crippen LogP contribution in [-0.4, -0.2) is 49.7 Å². The maximum atomic E-state index is 9.45. The zero-order valence-corrected chi connectivity index (χ0v) is 9.94. The predicted molar refractivity (Wildman–Crippen MR) is 53.3 cm³/mol. The zero-order valence-electron chi connectivity index (χ0n) is 9.94. The first kappa shape index (κ1) is 12.9. The van der Waals surface area contributed by atoms with Crippen molar-refractivity contribution in [2.24, 2.45) is 0 Å². The highest BCUT2D eigenvalue weighted by molar-refractivity contribution is 4.87. The molecule has 0 aromatic carbocycles. The van der Waals surface area contributed by atoms with Gasteiger partial charge in [-0.2, -0.15) is 0 Å². The fourth-order valence-corrected chi connectivity index (χ4v) is 1.52. The second-order valence-corrected chi connectivity index (χ2v) is 4.01. The first-order valence-electron chi connectivity index (χ1n) is 4.98. The normalized spacial score (nSPS) is 44.0. The van der Waals surface area contributed by atoms with Crippen molar-refractivity contribution >= 4 is 0 Å². The van der Waals surface area contributed by atoms with Gasteiger partial charge in [0.25, 0.3) is 0 Å². The number of hydrogen-bond acceptors (Lipinski definition) is 5. The summed E-state index contributed by atoms with van der Waals surface area (Å²) in [7, 11) is 3.05. The molecule has 0 radical (unpaired) electrons. The molecule has 5 nitrogen and oxygen atoms in total. The number of ether oxygens (including phenoxy) is 4. The smallest absolute Gasteiger partial charge is 0.220 e. The van der Waals surface area contributed by atoms with Gasteiger partial charge in [0.2, 0.25) is 11.6 Å². The SMILES string of the molecule is CO[C@]1(C)OC[C@@H]([C@H](C)O)O[C@@]1(C)OC. The first-order valence-corrected chi connectivity index (χ1v) is 4.98. The Morgan fingerprint density at radius 2 is 1.80 bits per heavy atom. The molecule has 0 saturated carbocycles. The summed E-state index contributed by atoms with van der Waals surface area (Å²) in [5.74, 6) is -1.99. The lowest BCUT2D eigenvalue weighted by Crippen LogP contribution is -2.63. The molecule has 1 aliphatic rings. The van der Waals surface area contributed by atoms with Gasteiger partial charge >= 0.3 is 0 Å². The monoisotopic (exact) mass is 220 g/mol. The van der Waals surface area contributed by atoms with Gasteiger partial charge in [0.1, 0.15) is 6.10 Å². The van der Waals surface area contributed by atoms with Gasteiger partial charge in [-0.25, -0.2) is 0 Å². The van der Waals surface area contributed by atoms with E-state index in [0.29, 0.717) is 0 Å². The molecule has 15 heavy (non-hydrogen) atoms. The molecule has 0 aromatic rings. The third kappa shape index (κ3) is 2.16. The Kier molecular flexibility index (Phi) is 3.73. The zero-order chi connectivity index (χ0) is 11.7. The second kappa shape index (κ2) is 4.35. The van der Waals surface area contributed by atoms with Crippen molar-refractivity contribution < 1.29 is 24.1 Å². The van der Waals surface area contributed by atoms with Gasteiger partial charge in [-0.1, -0.05) is 0 Å². The van der Waals surface area contributed by atoms with Crippen LogP contribution in [0.25, 0.3) is 0 Å². The highest BCUT2D eigenvalue weighted by Gasteiger charge is 2.54. The summed E-state index contributed by atoms with van der Waals surface area (Å²) in [6, 6.07) is 0. The Morgan fingerprint density at radius 1 is 1.27 bits per heavy atom. The van der Waals surface area contributed by atoms with Crippen LogP contribution in [0.2, 0.25) is 0 Å². The fourth-order valence-electron chi connectivity index (χ4n) is 1.52. The Hall–Kier alpha value is -0.200. The van der Waals surface area contributed by atoms with Crippen LogP contribution in [0.15, 0.2) is 0 Å². The van der Waals surface area contributed by atoms with E-state index in [1.165, 1.54) is 14.2 Å². The summed E-state index contributed by atoms with van der Waals surface area (Å²) in [6.07, 6.45) is -1.01. The minimum atomic E-state index is -1.03. The van der Waals surface area contributed by atoms with E-state index in [0.717, 1.165) is 0 Å². The number of hydrogen-bond donors (Lipinski definition) is 1. The largest absolute Gasteiger partial charge is 0.391 e. The molecule has 1 fully saturated rings. The van der Waals surface area contributed by atoms with E-state index in [4.69, 9.17) is 18.9 Å². The number of methoxy groups -OCH3 is 2. The van der Waals surface area contributed by atoms with E-state index < -0.39 is 23.8 Å². The molecule has 1 aliphatic heterocycles. The topological polar surface area (TPSA) is 57.2 Å². The highest BCUT2D eigenvalue weighted by Crippen LogP contribution is 2.36. The molecular formula is C10H20O5. The molecule has 1 N–H and O–H groups in total. The van der Waals surface area contributed by atoms with Crippen molar-refractivity contribution in [3.05, 3.63) is 0 Å². The molecule has 1 heterocycles. The van der Waals surface area contributed by atoms with E-state index in [1.807, 2.05) is 0 Å². The van der Waals surface area contributed by atoms with Crippen molar-refractivity contribution in [3.63, 3.8) is 0 Å². The van der Waals surface area contributed by atoms with Crippen molar-refractivity contribution in [2.45, 2.75) is 44.6 Å². The summed E-state index contributed by atoms with van der Waals surface area (Å²) in [5.41, 5.74) is 0. The van der Waals surface area contributed by atoms with Crippen molar-refractivity contribution in [1.29, 1.82) is 0 Å². The minimum absolute atomic E-state index is 0.279. The van der Waals surface area contributed by atoms with Crippen molar-refractivity contribution in [2.75, 3.05) is 20.8 Å². The van der Waals surface area contributed by atoms with Gasteiger partial charge < -0.3 is 24.1 Å². The quantitative estimate of drug-likeness (QED) is 0.751. The molecule has 90 valence electrons. The fraction of sp³-hybridized carbons (Fsp3) is 1.00. The van der Waals surface area contributed by atoms with E-state index in [1.54, 1.807) is 20.8 Å². The molecular weight excluding hydrogens is 200 g/mol. The van der Waals surface area contributed by atoms with Crippen LogP contribution in [0.5, 0.6) is 0 Å². The molecule has 0 spiro atoms. The second-order valence-electron chi connectivity index (χ2n) is 4.01. The van der Waals surface area contributed by atoms with Gasteiger partial charge in [0.05, 0.1) is 12.7 Å². The Labute approximate surface area is 90.3 Å². The van der Waals surface area contributed by atoms with Crippen LogP contribution >= 0.6 is 0 Å². The van der Waals surface area contributed by atoms with Gasteiger partial charge in [-0.05, 0) is 20.8 Å². The first-order chi connectivity index (χ1) is 6.88. The molecule has 0 unspecified atom stereocenters. The van der Waals surface area contributed by atoms with E-state index in [2.05, 4.69) is 0 Å². The Balaban J connectivity index is 2.84. The van der Waals surface area contributed by atoms with Gasteiger partial charge in [-0.15, -0.1) is 0 Å². The van der Waals surface area contributed by atoms with Crippen LogP contribution in [0.4, 0.5) is 0 Å². The standard InChI is InChI=1S/C10H20O5/c1-7(11)8-6-14-9(2,12-4)10(3,13-5)15-8/h7-8,11H,6H2,1-5H3/t7-,8-,9+,10+/m0/s1. The lowest BCUT2D eigenvalue weighted by molar-refractivity contribution is -0.436. The maximum Gasteiger partial charge on any atom is 0.220 e. The number of rotatable bonds is 3. The third-order valence-electron chi connectivity index (χ3n) is 3.04. The van der Waals surface area contributed by atoms with E-state index in [9.17, 15) is 5.11 Å². The summed E-state index contributed by atoms with van der Waals surface area (Å²) in [4.78, 5) is 0. The van der Waals surface area contributed by atoms with Gasteiger partial charge in [0, 0.05) is 14.2 Å². The van der Waals surface area contributed by atoms with Crippen molar-refractivity contribution in [3.8, 4) is 0 Å². The summed E-state index contributed by atoms with van der Waals surface area (Å²) >= 11 is 0. The molecule has 1 saturated heterocycles. The predicted octanol–water partition coefficient (Wildman–Crippen LogP) is 0.508. The average Bonchev–Trinajstić information content (AvgIpc) is 2.22. The Bertz CT molecular complexity index is 220. The summed E-state index contributed by atoms with van der Waals surface area (Å²) < 4.78 is 21.8. The van der Waals surface area contributed by atoms with Crippen LogP contribution < -0.4 is 0 Å². The molecule has 1 rings (SSSR count). The maximum absolute atomic E-state index is 9.45. The van der Waals surface area contributed by atoms with Crippen molar-refractivity contribution in [1.82, 2.24) is 0 Å². The summed E-state index contributed by atoms with van der Waals surface area (Å²) in [5, 5.41) is 9.45. The lowest BCUT2D eigenvalue weighted by Gasteiger charge is -2.49. The van der Waals surface area contributed by atoms with Gasteiger partial charge in [-0.3, -0.25) is 0 Å².